The van der Waals surface area contributed by atoms with Gasteiger partial charge in [-0.2, -0.15) is 0 Å². The molecule has 2 N–H and O–H groups in total. The molecule has 1 aromatic heterocycles. The highest BCUT2D eigenvalue weighted by molar-refractivity contribution is 5.67. The minimum absolute atomic E-state index is 0.563. The fourth-order valence-corrected chi connectivity index (χ4v) is 1.96. The molecule has 1 heterocycles. The molecule has 2 aromatic rings. The Morgan fingerprint density at radius 3 is 2.44 bits per heavy atom. The molecule has 0 saturated carbocycles. The molecule has 1 aromatic carbocycles. The maximum Gasteiger partial charge on any atom is 0.123 e. The Kier molecular flexibility index (Phi) is 3.95. The number of ether oxygens (including phenoxy) is 1. The highest BCUT2D eigenvalue weighted by atomic mass is 16.5. The number of pyridine rings is 1. The quantitative estimate of drug-likeness (QED) is 0.896. The highest BCUT2D eigenvalue weighted by Crippen LogP contribution is 2.23. The van der Waals surface area contributed by atoms with Gasteiger partial charge in [0.25, 0.3) is 0 Å². The van der Waals surface area contributed by atoms with E-state index in [1.54, 1.807) is 7.11 Å². The molecule has 0 spiro atoms. The molecule has 0 aliphatic carbocycles. The maximum absolute atomic E-state index is 5.66. The number of nitrogens with two attached hydrogens (primary N) is 1. The molecule has 0 aliphatic rings. The van der Waals surface area contributed by atoms with Crippen molar-refractivity contribution in [3.8, 4) is 11.1 Å². The normalized spacial score (nSPS) is 10.6. The van der Waals surface area contributed by atoms with Crippen LogP contribution in [0.5, 0.6) is 0 Å². The number of aromatic nitrogens is 1. The van der Waals surface area contributed by atoms with Crippen LogP contribution in [0.3, 0.4) is 0 Å². The fraction of sp³-hybridized carbons (Fsp3) is 0.267. The highest BCUT2D eigenvalue weighted by Gasteiger charge is 2.03. The molecule has 0 fully saturated rings. The van der Waals surface area contributed by atoms with Gasteiger partial charge in [-0.05, 0) is 36.6 Å². The monoisotopic (exact) mass is 242 g/mol. The lowest BCUT2D eigenvalue weighted by Gasteiger charge is -2.07. The van der Waals surface area contributed by atoms with Crippen LogP contribution in [0, 0.1) is 6.92 Å². The average molecular weight is 242 g/mol. The molecule has 0 aliphatic heterocycles. The number of nitrogens with zero attached hydrogens (tertiary/aromatic N) is 1. The Hall–Kier alpha value is -1.87. The number of rotatable bonds is 4. The summed E-state index contributed by atoms with van der Waals surface area (Å²) in [6.07, 6.45) is 0.940. The zero-order chi connectivity index (χ0) is 13.0. The molecule has 18 heavy (non-hydrogen) atoms. The van der Waals surface area contributed by atoms with Gasteiger partial charge >= 0.3 is 0 Å². The third-order valence-electron chi connectivity index (χ3n) is 2.97. The van der Waals surface area contributed by atoms with Gasteiger partial charge in [-0.25, -0.2) is 4.98 Å². The minimum atomic E-state index is 0.563. The molecule has 0 amide bonds. The number of nitrogen functional groups attached to an aromatic ring is 1. The van der Waals surface area contributed by atoms with Crippen LogP contribution in [0.15, 0.2) is 36.4 Å². The van der Waals surface area contributed by atoms with E-state index in [4.69, 9.17) is 10.5 Å². The molecule has 0 radical (unpaired) electrons. The lowest BCUT2D eigenvalue weighted by atomic mass is 10.0. The second-order valence-corrected chi connectivity index (χ2v) is 4.31. The fourth-order valence-electron chi connectivity index (χ4n) is 1.96. The summed E-state index contributed by atoms with van der Waals surface area (Å²) in [5.74, 6) is 0.563. The van der Waals surface area contributed by atoms with Crippen molar-refractivity contribution in [2.24, 2.45) is 0 Å². The van der Waals surface area contributed by atoms with Crippen LogP contribution in [0.2, 0.25) is 0 Å². The summed E-state index contributed by atoms with van der Waals surface area (Å²) in [5.41, 5.74) is 10.2. The molecular weight excluding hydrogens is 224 g/mol. The summed E-state index contributed by atoms with van der Waals surface area (Å²) in [7, 11) is 1.72. The molecule has 94 valence electrons. The number of hydrogen-bond donors (Lipinski definition) is 1. The van der Waals surface area contributed by atoms with Gasteiger partial charge < -0.3 is 10.5 Å². The van der Waals surface area contributed by atoms with Gasteiger partial charge in [-0.3, -0.25) is 0 Å². The van der Waals surface area contributed by atoms with Crippen molar-refractivity contribution in [3.05, 3.63) is 47.7 Å². The predicted octanol–water partition coefficient (Wildman–Crippen LogP) is 2.83. The first-order chi connectivity index (χ1) is 8.70. The van der Waals surface area contributed by atoms with Gasteiger partial charge in [0, 0.05) is 18.4 Å². The molecule has 0 atom stereocenters. The van der Waals surface area contributed by atoms with Crippen LogP contribution in [0.1, 0.15) is 11.3 Å². The van der Waals surface area contributed by atoms with E-state index in [9.17, 15) is 0 Å². The topological polar surface area (TPSA) is 48.1 Å². The number of anilines is 1. The first-order valence-corrected chi connectivity index (χ1v) is 6.02. The Morgan fingerprint density at radius 2 is 1.83 bits per heavy atom. The molecule has 0 saturated heterocycles. The third kappa shape index (κ3) is 2.87. The smallest absolute Gasteiger partial charge is 0.123 e. The first-order valence-electron chi connectivity index (χ1n) is 6.02. The standard InChI is InChI=1S/C15H18N2O/c1-11-14(7-8-15(16)17-11)13-5-3-12(4-6-13)9-10-18-2/h3-8H,9-10H2,1-2H3,(H2,16,17). The average Bonchev–Trinajstić information content (AvgIpc) is 2.37. The van der Waals surface area contributed by atoms with E-state index in [1.165, 1.54) is 11.1 Å². The number of hydrogen-bond acceptors (Lipinski definition) is 3. The van der Waals surface area contributed by atoms with E-state index in [0.717, 1.165) is 24.3 Å². The van der Waals surface area contributed by atoms with Crippen molar-refractivity contribution < 1.29 is 4.74 Å². The molecular formula is C15H18N2O. The molecule has 2 rings (SSSR count). The predicted molar refractivity (Wildman–Crippen MR) is 74.4 cm³/mol. The molecule has 0 bridgehead atoms. The summed E-state index contributed by atoms with van der Waals surface area (Å²) >= 11 is 0. The zero-order valence-corrected chi connectivity index (χ0v) is 10.8. The number of methoxy groups -OCH3 is 1. The van der Waals surface area contributed by atoms with Crippen LogP contribution in [-0.4, -0.2) is 18.7 Å². The number of benzene rings is 1. The summed E-state index contributed by atoms with van der Waals surface area (Å²) < 4.78 is 5.07. The van der Waals surface area contributed by atoms with E-state index in [1.807, 2.05) is 19.1 Å². The third-order valence-corrected chi connectivity index (χ3v) is 2.97. The van der Waals surface area contributed by atoms with Gasteiger partial charge in [0.1, 0.15) is 5.82 Å². The van der Waals surface area contributed by atoms with Gasteiger partial charge in [0.05, 0.1) is 6.61 Å². The van der Waals surface area contributed by atoms with Crippen LogP contribution in [-0.2, 0) is 11.2 Å². The van der Waals surface area contributed by atoms with Crippen LogP contribution in [0.4, 0.5) is 5.82 Å². The summed E-state index contributed by atoms with van der Waals surface area (Å²) in [6, 6.07) is 12.3. The van der Waals surface area contributed by atoms with E-state index in [2.05, 4.69) is 29.2 Å². The second kappa shape index (κ2) is 5.65. The van der Waals surface area contributed by atoms with Crippen molar-refractivity contribution in [1.82, 2.24) is 4.98 Å². The van der Waals surface area contributed by atoms with Crippen LogP contribution in [0.25, 0.3) is 11.1 Å². The van der Waals surface area contributed by atoms with E-state index >= 15 is 0 Å². The summed E-state index contributed by atoms with van der Waals surface area (Å²) in [4.78, 5) is 4.28. The van der Waals surface area contributed by atoms with Gasteiger partial charge in [0.2, 0.25) is 0 Å². The first kappa shape index (κ1) is 12.6. The van der Waals surface area contributed by atoms with Crippen molar-refractivity contribution in [1.29, 1.82) is 0 Å². The maximum atomic E-state index is 5.66. The van der Waals surface area contributed by atoms with Crippen LogP contribution < -0.4 is 5.73 Å². The van der Waals surface area contributed by atoms with Crippen molar-refractivity contribution in [2.75, 3.05) is 19.5 Å². The van der Waals surface area contributed by atoms with Crippen molar-refractivity contribution >= 4 is 5.82 Å². The summed E-state index contributed by atoms with van der Waals surface area (Å²) in [5, 5.41) is 0. The van der Waals surface area contributed by atoms with E-state index in [-0.39, 0.29) is 0 Å². The van der Waals surface area contributed by atoms with Crippen LogP contribution >= 0.6 is 0 Å². The largest absolute Gasteiger partial charge is 0.384 e. The van der Waals surface area contributed by atoms with E-state index < -0.39 is 0 Å². The zero-order valence-electron chi connectivity index (χ0n) is 10.8. The second-order valence-electron chi connectivity index (χ2n) is 4.31. The van der Waals surface area contributed by atoms with Crippen molar-refractivity contribution in [2.45, 2.75) is 13.3 Å². The lowest BCUT2D eigenvalue weighted by Crippen LogP contribution is -1.95. The Labute approximate surface area is 108 Å². The lowest BCUT2D eigenvalue weighted by molar-refractivity contribution is 0.202. The van der Waals surface area contributed by atoms with Crippen molar-refractivity contribution in [3.63, 3.8) is 0 Å². The summed E-state index contributed by atoms with van der Waals surface area (Å²) in [6.45, 7) is 2.73. The number of aryl methyl sites for hydroxylation is 1. The Bertz CT molecular complexity index is 521. The Morgan fingerprint density at radius 1 is 1.11 bits per heavy atom. The Balaban J connectivity index is 2.23. The molecule has 3 nitrogen and oxygen atoms in total. The van der Waals surface area contributed by atoms with E-state index in [0.29, 0.717) is 5.82 Å². The molecule has 3 heteroatoms. The van der Waals surface area contributed by atoms with Gasteiger partial charge in [-0.1, -0.05) is 24.3 Å². The van der Waals surface area contributed by atoms with Gasteiger partial charge in [0.15, 0.2) is 0 Å². The van der Waals surface area contributed by atoms with Gasteiger partial charge in [-0.15, -0.1) is 0 Å². The SMILES string of the molecule is COCCc1ccc(-c2ccc(N)nc2C)cc1. The minimum Gasteiger partial charge on any atom is -0.384 e. The molecule has 0 unspecified atom stereocenters.